The van der Waals surface area contributed by atoms with Crippen molar-refractivity contribution in [1.29, 1.82) is 5.26 Å². The molecule has 0 bridgehead atoms. The fourth-order valence-corrected chi connectivity index (χ4v) is 4.46. The van der Waals surface area contributed by atoms with Crippen LogP contribution >= 0.6 is 11.3 Å². The van der Waals surface area contributed by atoms with Crippen LogP contribution in [-0.4, -0.2) is 16.2 Å². The van der Waals surface area contributed by atoms with Crippen LogP contribution in [0.25, 0.3) is 11.3 Å². The van der Waals surface area contributed by atoms with Gasteiger partial charge in [-0.15, -0.1) is 11.3 Å². The molecule has 0 aliphatic carbocycles. The smallest absolute Gasteiger partial charge is 0.129 e. The van der Waals surface area contributed by atoms with E-state index in [4.69, 9.17) is 10.2 Å². The largest absolute Gasteiger partial charge is 0.392 e. The highest BCUT2D eigenvalue weighted by atomic mass is 32.1. The number of benzene rings is 2. The van der Waals surface area contributed by atoms with Crippen LogP contribution in [0.15, 0.2) is 47.8 Å². The van der Waals surface area contributed by atoms with E-state index in [1.165, 1.54) is 23.5 Å². The molecule has 3 unspecified atom stereocenters. The molecule has 6 heteroatoms. The third kappa shape index (κ3) is 4.58. The Labute approximate surface area is 179 Å². The number of hydrogen-bond acceptors (Lipinski definition) is 4. The molecule has 1 heterocycles. The molecule has 3 nitrogen and oxygen atoms in total. The first-order valence-corrected chi connectivity index (χ1v) is 10.6. The highest BCUT2D eigenvalue weighted by molar-refractivity contribution is 7.10. The van der Waals surface area contributed by atoms with Crippen molar-refractivity contribution in [2.75, 3.05) is 0 Å². The molecule has 3 aromatic rings. The number of thiazole rings is 1. The van der Waals surface area contributed by atoms with E-state index in [2.05, 4.69) is 6.07 Å². The van der Waals surface area contributed by atoms with Gasteiger partial charge in [-0.25, -0.2) is 13.8 Å². The van der Waals surface area contributed by atoms with E-state index in [0.717, 1.165) is 22.3 Å². The molecule has 0 spiro atoms. The van der Waals surface area contributed by atoms with Crippen LogP contribution < -0.4 is 0 Å². The van der Waals surface area contributed by atoms with E-state index in [1.54, 1.807) is 12.1 Å². The molecule has 0 amide bonds. The van der Waals surface area contributed by atoms with Crippen molar-refractivity contribution in [3.05, 3.63) is 75.6 Å². The molecule has 0 aliphatic rings. The third-order valence-corrected chi connectivity index (χ3v) is 6.35. The van der Waals surface area contributed by atoms with Gasteiger partial charge in [0.2, 0.25) is 0 Å². The van der Waals surface area contributed by atoms with Crippen molar-refractivity contribution in [3.8, 4) is 17.3 Å². The van der Waals surface area contributed by atoms with Gasteiger partial charge in [0.05, 0.1) is 28.4 Å². The lowest BCUT2D eigenvalue weighted by Crippen LogP contribution is -2.35. The summed E-state index contributed by atoms with van der Waals surface area (Å²) in [4.78, 5) is 4.72. The zero-order chi connectivity index (χ0) is 22.1. The van der Waals surface area contributed by atoms with Gasteiger partial charge >= 0.3 is 0 Å². The number of rotatable bonds is 5. The van der Waals surface area contributed by atoms with Crippen LogP contribution in [0.2, 0.25) is 0 Å². The number of halogens is 2. The maximum Gasteiger partial charge on any atom is 0.129 e. The molecule has 0 fully saturated rings. The van der Waals surface area contributed by atoms with Crippen molar-refractivity contribution in [2.24, 2.45) is 5.41 Å². The lowest BCUT2D eigenvalue weighted by Gasteiger charge is -2.36. The van der Waals surface area contributed by atoms with Crippen LogP contribution in [-0.2, 0) is 0 Å². The normalized spacial score (nSPS) is 14.7. The molecule has 156 valence electrons. The Balaban J connectivity index is 2.00. The Hall–Kier alpha value is -2.62. The molecule has 1 N–H and O–H groups in total. The summed E-state index contributed by atoms with van der Waals surface area (Å²) in [5.74, 6) is -2.20. The average Bonchev–Trinajstić information content (AvgIpc) is 3.19. The summed E-state index contributed by atoms with van der Waals surface area (Å²) in [7, 11) is 0. The van der Waals surface area contributed by atoms with Crippen molar-refractivity contribution in [2.45, 2.75) is 45.6 Å². The Morgan fingerprint density at radius 3 is 2.33 bits per heavy atom. The van der Waals surface area contributed by atoms with Gasteiger partial charge in [-0.1, -0.05) is 45.9 Å². The molecule has 0 aliphatic heterocycles. The topological polar surface area (TPSA) is 56.9 Å². The van der Waals surface area contributed by atoms with Gasteiger partial charge in [-0.05, 0) is 29.2 Å². The predicted octanol–water partition coefficient (Wildman–Crippen LogP) is 6.25. The van der Waals surface area contributed by atoms with Crippen molar-refractivity contribution < 1.29 is 13.9 Å². The number of hydrogen-bond donors (Lipinski definition) is 1. The number of aliphatic hydroxyl groups excluding tert-OH is 1. The zero-order valence-corrected chi connectivity index (χ0v) is 18.2. The number of nitriles is 1. The van der Waals surface area contributed by atoms with Gasteiger partial charge in [0.25, 0.3) is 0 Å². The molecule has 0 radical (unpaired) electrons. The van der Waals surface area contributed by atoms with Crippen LogP contribution in [0.5, 0.6) is 0 Å². The SMILES string of the molecule is CC(c1nc(-c2ccc(C#N)cc2)cs1)C(c1ccc(F)cc1F)C(O)C(C)(C)C. The van der Waals surface area contributed by atoms with Crippen LogP contribution in [0, 0.1) is 28.4 Å². The second kappa shape index (κ2) is 8.63. The molecule has 3 atom stereocenters. The monoisotopic (exact) mass is 426 g/mol. The molecule has 2 aromatic carbocycles. The Morgan fingerprint density at radius 2 is 1.77 bits per heavy atom. The average molecular weight is 427 g/mol. The molecular formula is C24H24F2N2OS. The number of aliphatic hydroxyl groups is 1. The lowest BCUT2D eigenvalue weighted by atomic mass is 9.73. The molecule has 1 aromatic heterocycles. The minimum absolute atomic E-state index is 0.279. The summed E-state index contributed by atoms with van der Waals surface area (Å²) in [6.07, 6.45) is -0.866. The number of nitrogens with zero attached hydrogens (tertiary/aromatic N) is 2. The Bertz CT molecular complexity index is 1060. The first kappa shape index (κ1) is 22.1. The summed E-state index contributed by atoms with van der Waals surface area (Å²) >= 11 is 1.44. The Morgan fingerprint density at radius 1 is 1.10 bits per heavy atom. The lowest BCUT2D eigenvalue weighted by molar-refractivity contribution is 0.0307. The molecule has 30 heavy (non-hydrogen) atoms. The van der Waals surface area contributed by atoms with Gasteiger partial charge in [0, 0.05) is 28.8 Å². The molecule has 3 rings (SSSR count). The highest BCUT2D eigenvalue weighted by Crippen LogP contribution is 2.43. The summed E-state index contributed by atoms with van der Waals surface area (Å²) in [5.41, 5.74) is 1.98. The van der Waals surface area contributed by atoms with Crippen molar-refractivity contribution >= 4 is 11.3 Å². The minimum Gasteiger partial charge on any atom is -0.392 e. The highest BCUT2D eigenvalue weighted by Gasteiger charge is 2.38. The van der Waals surface area contributed by atoms with Gasteiger partial charge in [0.15, 0.2) is 0 Å². The van der Waals surface area contributed by atoms with Gasteiger partial charge in [-0.2, -0.15) is 5.26 Å². The maximum absolute atomic E-state index is 14.7. The maximum atomic E-state index is 14.7. The van der Waals surface area contributed by atoms with E-state index in [-0.39, 0.29) is 11.5 Å². The van der Waals surface area contributed by atoms with Crippen LogP contribution in [0.1, 0.15) is 55.7 Å². The van der Waals surface area contributed by atoms with Gasteiger partial charge < -0.3 is 5.11 Å². The quantitative estimate of drug-likeness (QED) is 0.524. The predicted molar refractivity (Wildman–Crippen MR) is 115 cm³/mol. The molecular weight excluding hydrogens is 402 g/mol. The summed E-state index contributed by atoms with van der Waals surface area (Å²) in [6, 6.07) is 12.7. The fourth-order valence-electron chi connectivity index (χ4n) is 3.52. The standard InChI is InChI=1S/C24H24F2N2OS/c1-14(23-28-20(13-30-23)16-7-5-15(12-27)6-8-16)21(22(29)24(2,3)4)18-10-9-17(25)11-19(18)26/h5-11,13-14,21-22,29H,1-4H3. The summed E-state index contributed by atoms with van der Waals surface area (Å²) in [6.45, 7) is 7.58. The number of aromatic nitrogens is 1. The van der Waals surface area contributed by atoms with Gasteiger partial charge in [-0.3, -0.25) is 0 Å². The Kier molecular flexibility index (Phi) is 6.35. The minimum atomic E-state index is -0.866. The van der Waals surface area contributed by atoms with E-state index < -0.39 is 29.1 Å². The zero-order valence-electron chi connectivity index (χ0n) is 17.4. The van der Waals surface area contributed by atoms with E-state index >= 15 is 0 Å². The van der Waals surface area contributed by atoms with Crippen molar-refractivity contribution in [1.82, 2.24) is 4.98 Å². The first-order chi connectivity index (χ1) is 14.1. The molecule has 0 saturated heterocycles. The van der Waals surface area contributed by atoms with Crippen LogP contribution in [0.3, 0.4) is 0 Å². The van der Waals surface area contributed by atoms with E-state index in [0.29, 0.717) is 5.56 Å². The second-order valence-electron chi connectivity index (χ2n) is 8.55. The van der Waals surface area contributed by atoms with Gasteiger partial charge in [0.1, 0.15) is 11.6 Å². The van der Waals surface area contributed by atoms with Crippen LogP contribution in [0.4, 0.5) is 8.78 Å². The van der Waals surface area contributed by atoms with Crippen molar-refractivity contribution in [3.63, 3.8) is 0 Å². The third-order valence-electron chi connectivity index (χ3n) is 5.31. The fraction of sp³-hybridized carbons (Fsp3) is 0.333. The summed E-state index contributed by atoms with van der Waals surface area (Å²) < 4.78 is 28.2. The molecule has 0 saturated carbocycles. The second-order valence-corrected chi connectivity index (χ2v) is 9.44. The van der Waals surface area contributed by atoms with E-state index in [9.17, 15) is 13.9 Å². The van der Waals surface area contributed by atoms with E-state index in [1.807, 2.05) is 45.2 Å². The summed E-state index contributed by atoms with van der Waals surface area (Å²) in [5, 5.41) is 22.7. The first-order valence-electron chi connectivity index (χ1n) is 9.70.